The largest absolute Gasteiger partial charge is 0.481 e. The van der Waals surface area contributed by atoms with Crippen LogP contribution in [0.3, 0.4) is 0 Å². The van der Waals surface area contributed by atoms with Gasteiger partial charge in [-0.25, -0.2) is 4.79 Å². The molecule has 0 bridgehead atoms. The van der Waals surface area contributed by atoms with E-state index in [0.29, 0.717) is 5.56 Å². The van der Waals surface area contributed by atoms with Crippen molar-refractivity contribution in [3.63, 3.8) is 0 Å². The number of hydrogen-bond donors (Lipinski definition) is 2. The van der Waals surface area contributed by atoms with Crippen molar-refractivity contribution in [2.45, 2.75) is 13.0 Å². The summed E-state index contributed by atoms with van der Waals surface area (Å²) in [5.74, 6) is -1.24. The summed E-state index contributed by atoms with van der Waals surface area (Å²) in [5.41, 5.74) is -0.156. The molecule has 2 rings (SSSR count). The van der Waals surface area contributed by atoms with Crippen molar-refractivity contribution >= 4 is 17.7 Å². The Kier molecular flexibility index (Phi) is 4.45. The van der Waals surface area contributed by atoms with Gasteiger partial charge in [-0.3, -0.25) is 14.2 Å². The lowest BCUT2D eigenvalue weighted by Crippen LogP contribution is -2.25. The molecular formula is C14H13N3O4. The summed E-state index contributed by atoms with van der Waals surface area (Å²) < 4.78 is 1.17. The zero-order chi connectivity index (χ0) is 15.2. The molecule has 0 atom stereocenters. The monoisotopic (exact) mass is 287 g/mol. The highest BCUT2D eigenvalue weighted by Crippen LogP contribution is 2.04. The lowest BCUT2D eigenvalue weighted by Gasteiger charge is -2.06. The summed E-state index contributed by atoms with van der Waals surface area (Å²) in [5, 5.41) is 11.1. The maximum absolute atomic E-state index is 11.9. The number of carboxylic acid groups (broad SMARTS) is 1. The zero-order valence-electron chi connectivity index (χ0n) is 11.0. The van der Waals surface area contributed by atoms with Gasteiger partial charge in [0.15, 0.2) is 0 Å². The Balaban J connectivity index is 2.08. The van der Waals surface area contributed by atoms with Crippen LogP contribution >= 0.6 is 0 Å². The van der Waals surface area contributed by atoms with E-state index in [-0.39, 0.29) is 24.7 Å². The first kappa shape index (κ1) is 14.4. The van der Waals surface area contributed by atoms with Crippen LogP contribution in [0.5, 0.6) is 0 Å². The fourth-order valence-corrected chi connectivity index (χ4v) is 1.66. The number of nitrogens with zero attached hydrogens (tertiary/aromatic N) is 2. The van der Waals surface area contributed by atoms with Crippen LogP contribution in [0, 0.1) is 0 Å². The topological polar surface area (TPSA) is 101 Å². The van der Waals surface area contributed by atoms with Crippen LogP contribution in [0.4, 0.5) is 5.82 Å². The predicted octanol–water partition coefficient (Wildman–Crippen LogP) is 0.970. The van der Waals surface area contributed by atoms with Gasteiger partial charge in [0, 0.05) is 18.3 Å². The average Bonchev–Trinajstić information content (AvgIpc) is 2.47. The molecule has 1 aromatic carbocycles. The lowest BCUT2D eigenvalue weighted by molar-refractivity contribution is -0.137. The molecule has 108 valence electrons. The molecule has 0 saturated heterocycles. The normalized spacial score (nSPS) is 10.1. The molecule has 7 heteroatoms. The van der Waals surface area contributed by atoms with Gasteiger partial charge in [-0.05, 0) is 18.2 Å². The number of carbonyl (C=O) groups is 2. The molecule has 0 unspecified atom stereocenters. The van der Waals surface area contributed by atoms with E-state index in [1.54, 1.807) is 30.3 Å². The summed E-state index contributed by atoms with van der Waals surface area (Å²) in [6.45, 7) is 0.0358. The highest BCUT2D eigenvalue weighted by Gasteiger charge is 2.07. The van der Waals surface area contributed by atoms with Gasteiger partial charge >= 0.3 is 11.7 Å². The molecule has 0 aliphatic carbocycles. The number of aryl methyl sites for hydroxylation is 1. The average molecular weight is 287 g/mol. The third-order valence-corrected chi connectivity index (χ3v) is 2.72. The Morgan fingerprint density at radius 3 is 2.52 bits per heavy atom. The molecular weight excluding hydrogens is 274 g/mol. The second-order valence-corrected chi connectivity index (χ2v) is 4.25. The molecule has 0 aliphatic heterocycles. The maximum Gasteiger partial charge on any atom is 0.349 e. The van der Waals surface area contributed by atoms with Gasteiger partial charge in [-0.15, -0.1) is 0 Å². The van der Waals surface area contributed by atoms with Gasteiger partial charge in [0.25, 0.3) is 5.91 Å². The number of nitrogens with one attached hydrogen (secondary N) is 1. The molecule has 1 heterocycles. The zero-order valence-corrected chi connectivity index (χ0v) is 11.0. The van der Waals surface area contributed by atoms with E-state index in [9.17, 15) is 14.4 Å². The molecule has 2 aromatic rings. The van der Waals surface area contributed by atoms with Crippen LogP contribution in [0.15, 0.2) is 47.4 Å². The van der Waals surface area contributed by atoms with Crippen LogP contribution in [0.2, 0.25) is 0 Å². The van der Waals surface area contributed by atoms with E-state index >= 15 is 0 Å². The number of benzene rings is 1. The quantitative estimate of drug-likeness (QED) is 0.853. The Morgan fingerprint density at radius 1 is 1.19 bits per heavy atom. The standard InChI is InChI=1S/C14H13N3O4/c18-12(19)7-9-17-8-6-11(16-14(17)21)15-13(20)10-4-2-1-3-5-10/h1-6,8H,7,9H2,(H,18,19)(H,15,16,20,21). The fourth-order valence-electron chi connectivity index (χ4n) is 1.66. The number of rotatable bonds is 5. The molecule has 0 radical (unpaired) electrons. The Hall–Kier alpha value is -2.96. The summed E-state index contributed by atoms with van der Waals surface area (Å²) in [7, 11) is 0. The van der Waals surface area contributed by atoms with E-state index < -0.39 is 11.7 Å². The molecule has 0 fully saturated rings. The SMILES string of the molecule is O=C(O)CCn1ccc(NC(=O)c2ccccc2)nc1=O. The minimum atomic E-state index is -0.997. The molecule has 7 nitrogen and oxygen atoms in total. The first-order chi connectivity index (χ1) is 10.1. The number of hydrogen-bond acceptors (Lipinski definition) is 4. The van der Waals surface area contributed by atoms with Crippen molar-refractivity contribution in [2.24, 2.45) is 0 Å². The van der Waals surface area contributed by atoms with Crippen LogP contribution in [-0.4, -0.2) is 26.5 Å². The van der Waals surface area contributed by atoms with E-state index in [4.69, 9.17) is 5.11 Å². The summed E-state index contributed by atoms with van der Waals surface area (Å²) in [6.07, 6.45) is 1.23. The fraction of sp³-hybridized carbons (Fsp3) is 0.143. The van der Waals surface area contributed by atoms with Crippen molar-refractivity contribution in [2.75, 3.05) is 5.32 Å². The summed E-state index contributed by atoms with van der Waals surface area (Å²) >= 11 is 0. The molecule has 0 saturated carbocycles. The predicted molar refractivity (Wildman–Crippen MR) is 75.1 cm³/mol. The van der Waals surface area contributed by atoms with E-state index in [0.717, 1.165) is 0 Å². The maximum atomic E-state index is 11.9. The molecule has 2 N–H and O–H groups in total. The van der Waals surface area contributed by atoms with Crippen LogP contribution in [0.25, 0.3) is 0 Å². The minimum Gasteiger partial charge on any atom is -0.481 e. The van der Waals surface area contributed by atoms with Gasteiger partial charge in [0.1, 0.15) is 5.82 Å². The van der Waals surface area contributed by atoms with Gasteiger partial charge in [0.2, 0.25) is 0 Å². The second-order valence-electron chi connectivity index (χ2n) is 4.25. The molecule has 0 spiro atoms. The Morgan fingerprint density at radius 2 is 1.90 bits per heavy atom. The van der Waals surface area contributed by atoms with Gasteiger partial charge < -0.3 is 10.4 Å². The van der Waals surface area contributed by atoms with E-state index in [2.05, 4.69) is 10.3 Å². The minimum absolute atomic E-state index is 0.0358. The van der Waals surface area contributed by atoms with Crippen molar-refractivity contribution in [1.29, 1.82) is 0 Å². The number of aliphatic carboxylic acids is 1. The van der Waals surface area contributed by atoms with E-state index in [1.165, 1.54) is 16.8 Å². The van der Waals surface area contributed by atoms with Crippen molar-refractivity contribution in [3.05, 3.63) is 58.6 Å². The van der Waals surface area contributed by atoms with Crippen molar-refractivity contribution in [3.8, 4) is 0 Å². The van der Waals surface area contributed by atoms with Crippen LogP contribution in [0.1, 0.15) is 16.8 Å². The first-order valence-electron chi connectivity index (χ1n) is 6.22. The third-order valence-electron chi connectivity index (χ3n) is 2.72. The van der Waals surface area contributed by atoms with Crippen molar-refractivity contribution in [1.82, 2.24) is 9.55 Å². The summed E-state index contributed by atoms with van der Waals surface area (Å²) in [6, 6.07) is 9.98. The Bertz CT molecular complexity index is 710. The number of carboxylic acids is 1. The molecule has 21 heavy (non-hydrogen) atoms. The highest BCUT2D eigenvalue weighted by atomic mass is 16.4. The third kappa shape index (κ3) is 4.00. The molecule has 1 aromatic heterocycles. The number of amides is 1. The Labute approximate surface area is 119 Å². The number of carbonyl (C=O) groups excluding carboxylic acids is 1. The first-order valence-corrected chi connectivity index (χ1v) is 6.22. The molecule has 0 aliphatic rings. The van der Waals surface area contributed by atoms with Crippen LogP contribution in [-0.2, 0) is 11.3 Å². The van der Waals surface area contributed by atoms with E-state index in [1.807, 2.05) is 0 Å². The summed E-state index contributed by atoms with van der Waals surface area (Å²) in [4.78, 5) is 37.7. The van der Waals surface area contributed by atoms with Gasteiger partial charge in [0.05, 0.1) is 6.42 Å². The smallest absolute Gasteiger partial charge is 0.349 e. The highest BCUT2D eigenvalue weighted by molar-refractivity contribution is 6.03. The second kappa shape index (κ2) is 6.47. The van der Waals surface area contributed by atoms with Gasteiger partial charge in [-0.2, -0.15) is 4.98 Å². The lowest BCUT2D eigenvalue weighted by atomic mass is 10.2. The molecule has 1 amide bonds. The number of aromatic nitrogens is 2. The number of anilines is 1. The van der Waals surface area contributed by atoms with Crippen LogP contribution < -0.4 is 11.0 Å². The van der Waals surface area contributed by atoms with Crippen molar-refractivity contribution < 1.29 is 14.7 Å². The van der Waals surface area contributed by atoms with Gasteiger partial charge in [-0.1, -0.05) is 18.2 Å².